The van der Waals surface area contributed by atoms with E-state index >= 15 is 0 Å². The van der Waals surface area contributed by atoms with E-state index in [1.165, 1.54) is 5.56 Å². The van der Waals surface area contributed by atoms with E-state index in [1.807, 2.05) is 29.2 Å². The highest BCUT2D eigenvalue weighted by molar-refractivity contribution is 9.10. The van der Waals surface area contributed by atoms with E-state index in [1.54, 1.807) is 12.4 Å². The van der Waals surface area contributed by atoms with Gasteiger partial charge in [-0.3, -0.25) is 9.78 Å². The fraction of sp³-hybridized carbons (Fsp3) is 0.294. The van der Waals surface area contributed by atoms with Gasteiger partial charge in [0.1, 0.15) is 0 Å². The number of carbonyl (C=O) groups is 1. The van der Waals surface area contributed by atoms with Crippen molar-refractivity contribution in [3.8, 4) is 0 Å². The Morgan fingerprint density at radius 2 is 2.00 bits per heavy atom. The number of likely N-dealkylation sites (N-methyl/N-ethyl adjacent to an activating group) is 1. The molecule has 2 heterocycles. The van der Waals surface area contributed by atoms with Gasteiger partial charge in [0.15, 0.2) is 0 Å². The van der Waals surface area contributed by atoms with Crippen molar-refractivity contribution in [2.24, 2.45) is 0 Å². The van der Waals surface area contributed by atoms with Gasteiger partial charge in [0, 0.05) is 36.5 Å². The van der Waals surface area contributed by atoms with E-state index in [4.69, 9.17) is 0 Å². The molecule has 1 atom stereocenters. The highest BCUT2D eigenvalue weighted by Crippen LogP contribution is 2.26. The Morgan fingerprint density at radius 3 is 2.73 bits per heavy atom. The standard InChI is InChI=1S/C17H18BrN3O/c1-20-7-8-21(16(12-20)13-5-3-2-4-6-13)17(22)14-9-15(18)11-19-10-14/h2-6,9-11,16H,7-8,12H2,1H3/t16-/m0/s1. The lowest BCUT2D eigenvalue weighted by atomic mass is 10.0. The zero-order valence-electron chi connectivity index (χ0n) is 12.4. The third-order valence-corrected chi connectivity index (χ3v) is 4.41. The van der Waals surface area contributed by atoms with Crippen molar-refractivity contribution < 1.29 is 4.79 Å². The predicted octanol–water partition coefficient (Wildman–Crippen LogP) is 2.97. The van der Waals surface area contributed by atoms with Crippen LogP contribution in [0.15, 0.2) is 53.3 Å². The molecule has 4 nitrogen and oxygen atoms in total. The molecule has 1 aromatic heterocycles. The lowest BCUT2D eigenvalue weighted by Gasteiger charge is -2.40. The van der Waals surface area contributed by atoms with E-state index in [0.717, 1.165) is 24.1 Å². The van der Waals surface area contributed by atoms with Crippen molar-refractivity contribution in [2.75, 3.05) is 26.7 Å². The number of pyridine rings is 1. The zero-order chi connectivity index (χ0) is 15.5. The normalized spacial score (nSPS) is 19.2. The van der Waals surface area contributed by atoms with Gasteiger partial charge in [0.25, 0.3) is 5.91 Å². The first kappa shape index (κ1) is 15.2. The summed E-state index contributed by atoms with van der Waals surface area (Å²) < 4.78 is 0.823. The monoisotopic (exact) mass is 359 g/mol. The fourth-order valence-electron chi connectivity index (χ4n) is 2.82. The van der Waals surface area contributed by atoms with Gasteiger partial charge >= 0.3 is 0 Å². The van der Waals surface area contributed by atoms with E-state index in [9.17, 15) is 4.79 Å². The zero-order valence-corrected chi connectivity index (χ0v) is 14.0. The molecule has 1 aliphatic heterocycles. The lowest BCUT2D eigenvalue weighted by molar-refractivity contribution is 0.0497. The summed E-state index contributed by atoms with van der Waals surface area (Å²) in [6.45, 7) is 2.45. The van der Waals surface area contributed by atoms with Crippen molar-refractivity contribution in [2.45, 2.75) is 6.04 Å². The Morgan fingerprint density at radius 1 is 1.23 bits per heavy atom. The summed E-state index contributed by atoms with van der Waals surface area (Å²) in [4.78, 5) is 21.2. The molecule has 3 rings (SSSR count). The molecule has 0 bridgehead atoms. The minimum Gasteiger partial charge on any atom is -0.329 e. The summed E-state index contributed by atoms with van der Waals surface area (Å²) in [5, 5.41) is 0. The number of halogens is 1. The molecule has 0 saturated carbocycles. The molecule has 1 aromatic carbocycles. The topological polar surface area (TPSA) is 36.4 Å². The number of benzene rings is 1. The molecule has 1 aliphatic rings. The molecule has 0 radical (unpaired) electrons. The Hall–Kier alpha value is -1.72. The molecule has 0 unspecified atom stereocenters. The second-order valence-electron chi connectivity index (χ2n) is 5.58. The molecule has 0 spiro atoms. The summed E-state index contributed by atoms with van der Waals surface area (Å²) in [6, 6.07) is 12.1. The third kappa shape index (κ3) is 3.20. The van der Waals surface area contributed by atoms with Crippen molar-refractivity contribution in [3.63, 3.8) is 0 Å². The van der Waals surface area contributed by atoms with Crippen LogP contribution in [0.3, 0.4) is 0 Å². The maximum absolute atomic E-state index is 12.9. The molecule has 114 valence electrons. The number of piperazine rings is 1. The highest BCUT2D eigenvalue weighted by Gasteiger charge is 2.30. The number of carbonyl (C=O) groups excluding carboxylic acids is 1. The molecule has 0 N–H and O–H groups in total. The smallest absolute Gasteiger partial charge is 0.256 e. The summed E-state index contributed by atoms with van der Waals surface area (Å²) in [6.07, 6.45) is 3.32. The largest absolute Gasteiger partial charge is 0.329 e. The van der Waals surface area contributed by atoms with E-state index in [2.05, 4.69) is 45.0 Å². The molecular formula is C17H18BrN3O. The van der Waals surface area contributed by atoms with Crippen LogP contribution in [0.5, 0.6) is 0 Å². The fourth-order valence-corrected chi connectivity index (χ4v) is 3.18. The molecule has 0 aliphatic carbocycles. The maximum Gasteiger partial charge on any atom is 0.256 e. The number of rotatable bonds is 2. The highest BCUT2D eigenvalue weighted by atomic mass is 79.9. The maximum atomic E-state index is 12.9. The van der Waals surface area contributed by atoms with Gasteiger partial charge < -0.3 is 9.80 Å². The molecule has 2 aromatic rings. The molecule has 1 amide bonds. The van der Waals surface area contributed by atoms with Gasteiger partial charge in [0.2, 0.25) is 0 Å². The van der Waals surface area contributed by atoms with Crippen LogP contribution in [0.25, 0.3) is 0 Å². The van der Waals surface area contributed by atoms with Crippen molar-refractivity contribution in [3.05, 3.63) is 64.4 Å². The molecule has 22 heavy (non-hydrogen) atoms. The summed E-state index contributed by atoms with van der Waals surface area (Å²) in [5.41, 5.74) is 1.80. The summed E-state index contributed by atoms with van der Waals surface area (Å²) in [5.74, 6) is 0.0377. The molecule has 1 fully saturated rings. The van der Waals surface area contributed by atoms with Gasteiger partial charge in [-0.05, 0) is 34.6 Å². The SMILES string of the molecule is CN1CCN(C(=O)c2cncc(Br)c2)[C@H](c2ccccc2)C1. The number of hydrogen-bond donors (Lipinski definition) is 0. The number of amides is 1. The third-order valence-electron chi connectivity index (χ3n) is 3.98. The van der Waals surface area contributed by atoms with Crippen molar-refractivity contribution in [1.82, 2.24) is 14.8 Å². The summed E-state index contributed by atoms with van der Waals surface area (Å²) in [7, 11) is 2.10. The Bertz CT molecular complexity index is 662. The van der Waals surface area contributed by atoms with Crippen LogP contribution in [0, 0.1) is 0 Å². The first-order valence-electron chi connectivity index (χ1n) is 7.30. The Balaban J connectivity index is 1.91. The Kier molecular flexibility index (Phi) is 4.55. The van der Waals surface area contributed by atoms with Crippen molar-refractivity contribution >= 4 is 21.8 Å². The van der Waals surface area contributed by atoms with Crippen molar-refractivity contribution in [1.29, 1.82) is 0 Å². The van der Waals surface area contributed by atoms with E-state index in [0.29, 0.717) is 5.56 Å². The van der Waals surface area contributed by atoms with Crippen LogP contribution in [-0.4, -0.2) is 47.4 Å². The minimum atomic E-state index is 0.0377. The van der Waals surface area contributed by atoms with Crippen LogP contribution in [0.1, 0.15) is 22.0 Å². The average Bonchev–Trinajstić information content (AvgIpc) is 2.55. The van der Waals surface area contributed by atoms with E-state index in [-0.39, 0.29) is 11.9 Å². The number of aromatic nitrogens is 1. The van der Waals surface area contributed by atoms with Crippen LogP contribution in [0.4, 0.5) is 0 Å². The first-order chi connectivity index (χ1) is 10.6. The van der Waals surface area contributed by atoms with Gasteiger partial charge in [-0.15, -0.1) is 0 Å². The Labute approximate surface area is 138 Å². The van der Waals surface area contributed by atoms with Crippen LogP contribution < -0.4 is 0 Å². The van der Waals surface area contributed by atoms with E-state index < -0.39 is 0 Å². The first-order valence-corrected chi connectivity index (χ1v) is 8.09. The van der Waals surface area contributed by atoms with Crippen LogP contribution in [0.2, 0.25) is 0 Å². The van der Waals surface area contributed by atoms with Gasteiger partial charge in [-0.2, -0.15) is 0 Å². The second kappa shape index (κ2) is 6.58. The van der Waals surface area contributed by atoms with Gasteiger partial charge in [-0.1, -0.05) is 30.3 Å². The predicted molar refractivity (Wildman–Crippen MR) is 89.7 cm³/mol. The minimum absolute atomic E-state index is 0.0377. The quantitative estimate of drug-likeness (QED) is 0.826. The number of nitrogens with zero attached hydrogens (tertiary/aromatic N) is 3. The average molecular weight is 360 g/mol. The molecule has 1 saturated heterocycles. The number of hydrogen-bond acceptors (Lipinski definition) is 3. The van der Waals surface area contributed by atoms with Gasteiger partial charge in [-0.25, -0.2) is 0 Å². The van der Waals surface area contributed by atoms with Crippen LogP contribution >= 0.6 is 15.9 Å². The molecular weight excluding hydrogens is 342 g/mol. The van der Waals surface area contributed by atoms with Gasteiger partial charge in [0.05, 0.1) is 11.6 Å². The molecule has 5 heteroatoms. The van der Waals surface area contributed by atoms with Crippen LogP contribution in [-0.2, 0) is 0 Å². The second-order valence-corrected chi connectivity index (χ2v) is 6.49. The summed E-state index contributed by atoms with van der Waals surface area (Å²) >= 11 is 3.38. The lowest BCUT2D eigenvalue weighted by Crippen LogP contribution is -2.49.